The normalized spacial score (nSPS) is 15.4. The number of hydrogen-bond donors (Lipinski definition) is 1. The Bertz CT molecular complexity index is 1320. The van der Waals surface area contributed by atoms with E-state index in [9.17, 15) is 14.4 Å². The predicted molar refractivity (Wildman–Crippen MR) is 135 cm³/mol. The largest absolute Gasteiger partial charge is 0.325 e. The van der Waals surface area contributed by atoms with Crippen molar-refractivity contribution in [3.8, 4) is 0 Å². The fourth-order valence-electron chi connectivity index (χ4n) is 4.94. The number of carbonyl (C=O) groups excluding carboxylic acids is 3. The Morgan fingerprint density at radius 3 is 2.46 bits per heavy atom. The molecule has 7 nitrogen and oxygen atoms in total. The molecule has 8 heteroatoms. The molecule has 1 saturated carbocycles. The summed E-state index contributed by atoms with van der Waals surface area (Å²) in [5, 5.41) is 12.3. The number of hydrogen-bond acceptors (Lipinski definition) is 6. The van der Waals surface area contributed by atoms with Gasteiger partial charge in [0.25, 0.3) is 0 Å². The third-order valence-corrected chi connectivity index (χ3v) is 7.55. The second kappa shape index (κ2) is 10.00. The summed E-state index contributed by atoms with van der Waals surface area (Å²) in [6.07, 6.45) is 7.69. The molecule has 0 spiro atoms. The Morgan fingerprint density at radius 1 is 1.00 bits per heavy atom. The minimum Gasteiger partial charge on any atom is -0.325 e. The number of fused-ring (bicyclic) bond motifs is 2. The molecular weight excluding hydrogens is 460 g/mol. The first kappa shape index (κ1) is 23.2. The van der Waals surface area contributed by atoms with Crippen molar-refractivity contribution < 1.29 is 14.4 Å². The first-order chi connectivity index (χ1) is 17.1. The zero-order chi connectivity index (χ0) is 24.4. The fourth-order valence-corrected chi connectivity index (χ4v) is 5.69. The lowest BCUT2D eigenvalue weighted by molar-refractivity contribution is -0.113. The van der Waals surface area contributed by atoms with Crippen LogP contribution in [0.5, 0.6) is 0 Å². The standard InChI is InChI=1S/C27H26N4O3S/c1-2-15-31-26(17-9-4-3-5-10-17)29-30-27(31)35-16-22(32)28-21-14-8-13-20-23(21)25(34)19-12-7-6-11-18(19)24(20)33/h2,6-8,11-14,17H,1,3-5,9-10,15-16H2,(H,28,32). The number of aromatic nitrogens is 3. The van der Waals surface area contributed by atoms with Crippen LogP contribution >= 0.6 is 11.8 Å². The van der Waals surface area contributed by atoms with Gasteiger partial charge in [-0.05, 0) is 18.9 Å². The summed E-state index contributed by atoms with van der Waals surface area (Å²) in [5.41, 5.74) is 1.63. The van der Waals surface area contributed by atoms with E-state index < -0.39 is 0 Å². The van der Waals surface area contributed by atoms with Gasteiger partial charge in [-0.3, -0.25) is 14.4 Å². The molecule has 1 heterocycles. The Hall–Kier alpha value is -3.52. The van der Waals surface area contributed by atoms with Crippen molar-refractivity contribution in [3.05, 3.63) is 83.2 Å². The average Bonchev–Trinajstić information content (AvgIpc) is 3.29. The second-order valence-corrected chi connectivity index (χ2v) is 9.79. The number of rotatable bonds is 7. The Morgan fingerprint density at radius 2 is 1.71 bits per heavy atom. The summed E-state index contributed by atoms with van der Waals surface area (Å²) in [7, 11) is 0. The first-order valence-electron chi connectivity index (χ1n) is 11.9. The monoisotopic (exact) mass is 486 g/mol. The summed E-state index contributed by atoms with van der Waals surface area (Å²) < 4.78 is 2.05. The molecule has 3 aromatic rings. The second-order valence-electron chi connectivity index (χ2n) is 8.84. The van der Waals surface area contributed by atoms with Crippen LogP contribution < -0.4 is 5.32 Å². The highest BCUT2D eigenvalue weighted by atomic mass is 32.2. The third-order valence-electron chi connectivity index (χ3n) is 6.59. The highest BCUT2D eigenvalue weighted by molar-refractivity contribution is 7.99. The first-order valence-corrected chi connectivity index (χ1v) is 12.8. The van der Waals surface area contributed by atoms with Gasteiger partial charge in [-0.2, -0.15) is 0 Å². The van der Waals surface area contributed by atoms with Gasteiger partial charge in [0.1, 0.15) is 5.82 Å². The third kappa shape index (κ3) is 4.46. The van der Waals surface area contributed by atoms with E-state index in [0.717, 1.165) is 18.7 Å². The molecule has 0 bridgehead atoms. The number of benzene rings is 2. The van der Waals surface area contributed by atoms with Crippen LogP contribution in [0, 0.1) is 0 Å². The van der Waals surface area contributed by atoms with E-state index in [0.29, 0.717) is 40.0 Å². The predicted octanol–water partition coefficient (Wildman–Crippen LogP) is 5.02. The van der Waals surface area contributed by atoms with Crippen molar-refractivity contribution in [2.24, 2.45) is 0 Å². The number of carbonyl (C=O) groups is 3. The summed E-state index contributed by atoms with van der Waals surface area (Å²) in [5.74, 6) is 0.696. The summed E-state index contributed by atoms with van der Waals surface area (Å²) in [4.78, 5) is 39.0. The molecule has 2 aromatic carbocycles. The van der Waals surface area contributed by atoms with E-state index >= 15 is 0 Å². The Balaban J connectivity index is 1.33. The lowest BCUT2D eigenvalue weighted by atomic mass is 9.83. The van der Waals surface area contributed by atoms with Crippen LogP contribution in [0.4, 0.5) is 5.69 Å². The van der Waals surface area contributed by atoms with Crippen molar-refractivity contribution in [1.82, 2.24) is 14.8 Å². The van der Waals surface area contributed by atoms with Crippen molar-refractivity contribution in [1.29, 1.82) is 0 Å². The number of ketones is 2. The zero-order valence-corrected chi connectivity index (χ0v) is 20.1. The summed E-state index contributed by atoms with van der Waals surface area (Å²) >= 11 is 1.30. The topological polar surface area (TPSA) is 94.0 Å². The Labute approximate surface area is 208 Å². The molecule has 0 unspecified atom stereocenters. The fraction of sp³-hybridized carbons (Fsp3) is 0.296. The number of amides is 1. The van der Waals surface area contributed by atoms with Gasteiger partial charge in [-0.1, -0.05) is 73.5 Å². The van der Waals surface area contributed by atoms with Gasteiger partial charge >= 0.3 is 0 Å². The highest BCUT2D eigenvalue weighted by Gasteiger charge is 2.31. The van der Waals surface area contributed by atoms with Crippen LogP contribution in [-0.4, -0.2) is 38.0 Å². The van der Waals surface area contributed by atoms with Crippen LogP contribution in [0.25, 0.3) is 0 Å². The maximum absolute atomic E-state index is 13.2. The molecule has 1 aromatic heterocycles. The van der Waals surface area contributed by atoms with E-state index in [1.807, 2.05) is 10.6 Å². The van der Waals surface area contributed by atoms with Gasteiger partial charge in [-0.15, -0.1) is 16.8 Å². The molecule has 2 aliphatic carbocycles. The maximum Gasteiger partial charge on any atom is 0.234 e. The average molecular weight is 487 g/mol. The van der Waals surface area contributed by atoms with Crippen molar-refractivity contribution >= 4 is 34.9 Å². The molecule has 0 saturated heterocycles. The number of thioether (sulfide) groups is 1. The van der Waals surface area contributed by atoms with Gasteiger partial charge in [-0.25, -0.2) is 0 Å². The van der Waals surface area contributed by atoms with E-state index in [4.69, 9.17) is 0 Å². The molecule has 0 radical (unpaired) electrons. The molecule has 0 atom stereocenters. The number of nitrogens with zero attached hydrogens (tertiary/aromatic N) is 3. The SMILES string of the molecule is C=CCn1c(SCC(=O)Nc2cccc3c2C(=O)c2ccccc2C3=O)nnc1C1CCCCC1. The molecule has 1 amide bonds. The van der Waals surface area contributed by atoms with Gasteiger partial charge in [0.15, 0.2) is 16.7 Å². The smallest absolute Gasteiger partial charge is 0.234 e. The minimum atomic E-state index is -0.283. The van der Waals surface area contributed by atoms with Gasteiger partial charge in [0, 0.05) is 29.2 Å². The molecule has 5 rings (SSSR count). The highest BCUT2D eigenvalue weighted by Crippen LogP contribution is 2.34. The van der Waals surface area contributed by atoms with Gasteiger partial charge in [0.05, 0.1) is 17.0 Å². The van der Waals surface area contributed by atoms with Crippen LogP contribution in [-0.2, 0) is 11.3 Å². The molecule has 0 aliphatic heterocycles. The molecule has 178 valence electrons. The number of nitrogens with one attached hydrogen (secondary N) is 1. The van der Waals surface area contributed by atoms with Crippen LogP contribution in [0.1, 0.15) is 75.7 Å². The summed E-state index contributed by atoms with van der Waals surface area (Å²) in [6.45, 7) is 4.45. The van der Waals surface area contributed by atoms with E-state index in [-0.39, 0.29) is 28.8 Å². The molecular formula is C27H26N4O3S. The van der Waals surface area contributed by atoms with E-state index in [2.05, 4.69) is 22.1 Å². The van der Waals surface area contributed by atoms with Crippen molar-refractivity contribution in [2.75, 3.05) is 11.1 Å². The van der Waals surface area contributed by atoms with Crippen LogP contribution in [0.15, 0.2) is 60.3 Å². The van der Waals surface area contributed by atoms with Gasteiger partial charge < -0.3 is 9.88 Å². The van der Waals surface area contributed by atoms with Crippen LogP contribution in [0.2, 0.25) is 0 Å². The number of anilines is 1. The van der Waals surface area contributed by atoms with Gasteiger partial charge in [0.2, 0.25) is 5.91 Å². The Kier molecular flexibility index (Phi) is 6.63. The lowest BCUT2D eigenvalue weighted by Gasteiger charge is -2.21. The minimum absolute atomic E-state index is 0.0995. The maximum atomic E-state index is 13.2. The lowest BCUT2D eigenvalue weighted by Crippen LogP contribution is -2.24. The quantitative estimate of drug-likeness (QED) is 0.291. The van der Waals surface area contributed by atoms with Crippen molar-refractivity contribution in [2.45, 2.75) is 49.7 Å². The van der Waals surface area contributed by atoms with E-state index in [1.165, 1.54) is 31.0 Å². The molecule has 2 aliphatic rings. The summed E-state index contributed by atoms with van der Waals surface area (Å²) in [6, 6.07) is 11.7. The molecule has 35 heavy (non-hydrogen) atoms. The van der Waals surface area contributed by atoms with Crippen molar-refractivity contribution in [3.63, 3.8) is 0 Å². The van der Waals surface area contributed by atoms with E-state index in [1.54, 1.807) is 42.5 Å². The zero-order valence-electron chi connectivity index (χ0n) is 19.3. The molecule has 1 fully saturated rings. The number of allylic oxidation sites excluding steroid dienone is 1. The van der Waals surface area contributed by atoms with Crippen LogP contribution in [0.3, 0.4) is 0 Å². The molecule has 1 N–H and O–H groups in total.